The number of nitrogens with one attached hydrogen (secondary N) is 1. The Morgan fingerprint density at radius 2 is 1.85 bits per heavy atom. The molecular weight excluding hydrogens is 338 g/mol. The van der Waals surface area contributed by atoms with Gasteiger partial charge in [-0.3, -0.25) is 9.48 Å². The number of rotatable bonds is 7. The molecule has 0 aliphatic heterocycles. The highest BCUT2D eigenvalue weighted by Crippen LogP contribution is 2.19. The van der Waals surface area contributed by atoms with Crippen molar-refractivity contribution in [3.8, 4) is 0 Å². The molecule has 1 amide bonds. The van der Waals surface area contributed by atoms with Gasteiger partial charge in [0.25, 0.3) is 0 Å². The van der Waals surface area contributed by atoms with Crippen LogP contribution in [0.2, 0.25) is 0 Å². The van der Waals surface area contributed by atoms with Crippen molar-refractivity contribution >= 4 is 16.8 Å². The van der Waals surface area contributed by atoms with E-state index in [0.717, 1.165) is 16.5 Å². The topological polar surface area (TPSA) is 67.2 Å². The monoisotopic (exact) mass is 365 g/mol. The van der Waals surface area contributed by atoms with Crippen molar-refractivity contribution in [2.24, 2.45) is 0 Å². The molecule has 3 rings (SSSR count). The average molecular weight is 365 g/mol. The van der Waals surface area contributed by atoms with E-state index < -0.39 is 6.10 Å². The van der Waals surface area contributed by atoms with E-state index in [2.05, 4.69) is 37.3 Å². The molecule has 0 saturated heterocycles. The summed E-state index contributed by atoms with van der Waals surface area (Å²) >= 11 is 0. The molecule has 2 N–H and O–H groups in total. The predicted molar refractivity (Wildman–Crippen MR) is 108 cm³/mol. The third kappa shape index (κ3) is 4.55. The normalized spacial score (nSPS) is 12.5. The van der Waals surface area contributed by atoms with Gasteiger partial charge in [-0.1, -0.05) is 50.2 Å². The number of aliphatic hydroxyl groups is 1. The summed E-state index contributed by atoms with van der Waals surface area (Å²) in [5.74, 6) is 0.363. The van der Waals surface area contributed by atoms with Gasteiger partial charge >= 0.3 is 0 Å². The zero-order chi connectivity index (χ0) is 19.4. The fourth-order valence-electron chi connectivity index (χ4n) is 3.15. The van der Waals surface area contributed by atoms with Crippen LogP contribution in [0.15, 0.2) is 48.7 Å². The number of carbonyl (C=O) groups is 1. The van der Waals surface area contributed by atoms with E-state index >= 15 is 0 Å². The van der Waals surface area contributed by atoms with Gasteiger partial charge in [-0.05, 0) is 35.6 Å². The number of amides is 1. The largest absolute Gasteiger partial charge is 0.387 e. The molecule has 1 aromatic heterocycles. The Hall–Kier alpha value is -2.66. The Morgan fingerprint density at radius 1 is 1.15 bits per heavy atom. The minimum Gasteiger partial charge on any atom is -0.387 e. The molecule has 1 unspecified atom stereocenters. The third-order valence-corrected chi connectivity index (χ3v) is 4.94. The van der Waals surface area contributed by atoms with Crippen molar-refractivity contribution in [2.45, 2.75) is 45.8 Å². The van der Waals surface area contributed by atoms with Crippen LogP contribution in [-0.2, 0) is 11.3 Å². The Morgan fingerprint density at radius 3 is 2.56 bits per heavy atom. The maximum absolute atomic E-state index is 12.2. The van der Waals surface area contributed by atoms with Crippen molar-refractivity contribution in [1.29, 1.82) is 0 Å². The van der Waals surface area contributed by atoms with Crippen LogP contribution in [0, 0.1) is 6.92 Å². The average Bonchev–Trinajstić information content (AvgIpc) is 3.09. The van der Waals surface area contributed by atoms with E-state index in [9.17, 15) is 9.90 Å². The minimum atomic E-state index is -0.705. The zero-order valence-corrected chi connectivity index (χ0v) is 16.1. The lowest BCUT2D eigenvalue weighted by atomic mass is 10.00. The predicted octanol–water partition coefficient (Wildman–Crippen LogP) is 3.71. The van der Waals surface area contributed by atoms with Crippen molar-refractivity contribution in [3.05, 3.63) is 65.4 Å². The van der Waals surface area contributed by atoms with Gasteiger partial charge in [-0.2, -0.15) is 5.10 Å². The first kappa shape index (κ1) is 19.1. The van der Waals surface area contributed by atoms with E-state index in [4.69, 9.17) is 0 Å². The Kier molecular flexibility index (Phi) is 5.91. The van der Waals surface area contributed by atoms with Crippen LogP contribution in [0.25, 0.3) is 10.9 Å². The fourth-order valence-corrected chi connectivity index (χ4v) is 3.15. The van der Waals surface area contributed by atoms with Gasteiger partial charge in [0.2, 0.25) is 5.91 Å². The Balaban J connectivity index is 1.51. The molecule has 1 heterocycles. The summed E-state index contributed by atoms with van der Waals surface area (Å²) in [6.45, 7) is 7.04. The highest BCUT2D eigenvalue weighted by molar-refractivity contribution is 5.82. The number of fused-ring (bicyclic) bond motifs is 1. The molecule has 0 bridgehead atoms. The van der Waals surface area contributed by atoms with Crippen molar-refractivity contribution in [1.82, 2.24) is 15.1 Å². The molecule has 142 valence electrons. The van der Waals surface area contributed by atoms with Gasteiger partial charge in [0, 0.05) is 18.4 Å². The van der Waals surface area contributed by atoms with Crippen molar-refractivity contribution in [3.63, 3.8) is 0 Å². The number of hydrogen-bond acceptors (Lipinski definition) is 3. The summed E-state index contributed by atoms with van der Waals surface area (Å²) in [5.41, 5.74) is 4.26. The van der Waals surface area contributed by atoms with E-state index in [1.54, 1.807) is 0 Å². The van der Waals surface area contributed by atoms with E-state index in [-0.39, 0.29) is 12.5 Å². The molecule has 3 aromatic rings. The second-order valence-corrected chi connectivity index (χ2v) is 7.27. The number of nitrogens with zero attached hydrogens (tertiary/aromatic N) is 2. The molecule has 5 heteroatoms. The summed E-state index contributed by atoms with van der Waals surface area (Å²) in [4.78, 5) is 12.2. The number of aryl methyl sites for hydroxylation is 2. The fraction of sp³-hybridized carbons (Fsp3) is 0.364. The molecular formula is C22H27N3O2. The summed E-state index contributed by atoms with van der Waals surface area (Å²) < 4.78 is 1.85. The standard InChI is InChI=1S/C22H27N3O2/c1-15(2)17-7-9-18(10-8-17)21(26)14-23-22(27)11-12-25-20-6-4-5-16(3)19(20)13-24-25/h4-10,13,15,21,26H,11-12,14H2,1-3H3,(H,23,27). The number of carbonyl (C=O) groups excluding carboxylic acids is 1. The molecule has 5 nitrogen and oxygen atoms in total. The van der Waals surface area contributed by atoms with E-state index in [1.807, 2.05) is 47.3 Å². The van der Waals surface area contributed by atoms with Crippen molar-refractivity contribution in [2.75, 3.05) is 6.54 Å². The first-order chi connectivity index (χ1) is 13.0. The summed E-state index contributed by atoms with van der Waals surface area (Å²) in [6, 6.07) is 13.9. The van der Waals surface area contributed by atoms with Gasteiger partial charge in [-0.25, -0.2) is 0 Å². The SMILES string of the molecule is Cc1cccc2c1cnn2CCC(=O)NCC(O)c1ccc(C(C)C)cc1. The number of benzene rings is 2. The smallest absolute Gasteiger partial charge is 0.221 e. The highest BCUT2D eigenvalue weighted by Gasteiger charge is 2.11. The molecule has 0 fully saturated rings. The van der Waals surface area contributed by atoms with Crippen LogP contribution in [0.3, 0.4) is 0 Å². The van der Waals surface area contributed by atoms with E-state index in [1.165, 1.54) is 11.1 Å². The first-order valence-corrected chi connectivity index (χ1v) is 9.41. The molecule has 27 heavy (non-hydrogen) atoms. The molecule has 0 aliphatic rings. The Labute approximate surface area is 160 Å². The second kappa shape index (κ2) is 8.35. The van der Waals surface area contributed by atoms with Gasteiger partial charge in [0.05, 0.1) is 24.4 Å². The Bertz CT molecular complexity index is 913. The molecule has 0 spiro atoms. The van der Waals surface area contributed by atoms with Crippen LogP contribution in [0.1, 0.15) is 49.0 Å². The molecule has 0 saturated carbocycles. The van der Waals surface area contributed by atoms with Crippen molar-refractivity contribution < 1.29 is 9.90 Å². The van der Waals surface area contributed by atoms with Crippen LogP contribution >= 0.6 is 0 Å². The summed E-state index contributed by atoms with van der Waals surface area (Å²) in [5, 5.41) is 18.6. The second-order valence-electron chi connectivity index (χ2n) is 7.27. The molecule has 1 atom stereocenters. The number of hydrogen-bond donors (Lipinski definition) is 2. The zero-order valence-electron chi connectivity index (χ0n) is 16.1. The minimum absolute atomic E-state index is 0.0934. The number of aromatic nitrogens is 2. The molecule has 0 radical (unpaired) electrons. The van der Waals surface area contributed by atoms with Crippen LogP contribution < -0.4 is 5.32 Å². The molecule has 0 aliphatic carbocycles. The first-order valence-electron chi connectivity index (χ1n) is 9.41. The van der Waals surface area contributed by atoms with Gasteiger partial charge < -0.3 is 10.4 Å². The molecule has 2 aromatic carbocycles. The maximum Gasteiger partial charge on any atom is 0.221 e. The summed E-state index contributed by atoms with van der Waals surface area (Å²) in [6.07, 6.45) is 1.46. The van der Waals surface area contributed by atoms with Crippen LogP contribution in [0.5, 0.6) is 0 Å². The lowest BCUT2D eigenvalue weighted by molar-refractivity contribution is -0.121. The quantitative estimate of drug-likeness (QED) is 0.671. The summed E-state index contributed by atoms with van der Waals surface area (Å²) in [7, 11) is 0. The van der Waals surface area contributed by atoms with Crippen LogP contribution in [-0.4, -0.2) is 27.3 Å². The van der Waals surface area contributed by atoms with Gasteiger partial charge in [0.15, 0.2) is 0 Å². The van der Waals surface area contributed by atoms with E-state index in [0.29, 0.717) is 18.9 Å². The lowest BCUT2D eigenvalue weighted by Gasteiger charge is -2.14. The highest BCUT2D eigenvalue weighted by atomic mass is 16.3. The third-order valence-electron chi connectivity index (χ3n) is 4.94. The maximum atomic E-state index is 12.2. The van der Waals surface area contributed by atoms with Gasteiger partial charge in [0.1, 0.15) is 0 Å². The van der Waals surface area contributed by atoms with Gasteiger partial charge in [-0.15, -0.1) is 0 Å². The number of aliphatic hydroxyl groups excluding tert-OH is 1. The lowest BCUT2D eigenvalue weighted by Crippen LogP contribution is -2.29. The van der Waals surface area contributed by atoms with Crippen LogP contribution in [0.4, 0.5) is 0 Å².